The summed E-state index contributed by atoms with van der Waals surface area (Å²) in [5, 5.41) is 9.26. The van der Waals surface area contributed by atoms with E-state index in [0.717, 1.165) is 23.3 Å². The highest BCUT2D eigenvalue weighted by atomic mass is 16.5. The molecule has 0 aromatic heterocycles. The number of rotatable bonds is 6. The fourth-order valence-corrected chi connectivity index (χ4v) is 1.99. The number of carbonyl (C=O) groups is 1. The summed E-state index contributed by atoms with van der Waals surface area (Å²) in [4.78, 5) is 10.3. The van der Waals surface area contributed by atoms with Gasteiger partial charge in [0.1, 0.15) is 17.8 Å². The van der Waals surface area contributed by atoms with Crippen molar-refractivity contribution in [2.45, 2.75) is 52.9 Å². The van der Waals surface area contributed by atoms with E-state index in [0.29, 0.717) is 5.56 Å². The average molecular weight is 344 g/mol. The Bertz CT molecular complexity index is 613. The van der Waals surface area contributed by atoms with Gasteiger partial charge in [0.05, 0.1) is 18.3 Å². The number of hydrogen-bond acceptors (Lipinski definition) is 4. The van der Waals surface area contributed by atoms with Gasteiger partial charge in [0.25, 0.3) is 0 Å². The molecule has 0 saturated heterocycles. The smallest absolute Gasteiger partial charge is 0.150 e. The average Bonchev–Trinajstić information content (AvgIpc) is 2.55. The number of benzene rings is 2. The summed E-state index contributed by atoms with van der Waals surface area (Å²) in [7, 11) is 0. The van der Waals surface area contributed by atoms with Crippen LogP contribution in [0.25, 0.3) is 0 Å². The first-order chi connectivity index (χ1) is 11.8. The van der Waals surface area contributed by atoms with Crippen molar-refractivity contribution < 1.29 is 19.4 Å². The minimum Gasteiger partial charge on any atom is -0.491 e. The van der Waals surface area contributed by atoms with E-state index in [2.05, 4.69) is 0 Å². The predicted octanol–water partition coefficient (Wildman–Crippen LogP) is 4.81. The molecule has 0 aliphatic carbocycles. The van der Waals surface area contributed by atoms with Crippen molar-refractivity contribution in [2.24, 2.45) is 0 Å². The maximum Gasteiger partial charge on any atom is 0.150 e. The standard InChI is InChI=1S/C11H16O2.C10H12O2/c1-8(2)13-11-6-4-10(5-7-11)9(3)12;1-8(2)12-10-5-3-9(7-11)4-6-10/h4-9,12H,1-3H3;3-8H,1-2H3. The first kappa shape index (κ1) is 20.7. The summed E-state index contributed by atoms with van der Waals surface area (Å²) in [6.45, 7) is 9.66. The summed E-state index contributed by atoms with van der Waals surface area (Å²) >= 11 is 0. The van der Waals surface area contributed by atoms with Crippen LogP contribution in [-0.4, -0.2) is 23.6 Å². The van der Waals surface area contributed by atoms with Crippen LogP contribution in [0.4, 0.5) is 0 Å². The van der Waals surface area contributed by atoms with Gasteiger partial charge in [-0.05, 0) is 76.6 Å². The van der Waals surface area contributed by atoms with Crippen LogP contribution in [-0.2, 0) is 0 Å². The fraction of sp³-hybridized carbons (Fsp3) is 0.381. The van der Waals surface area contributed by atoms with Gasteiger partial charge < -0.3 is 14.6 Å². The summed E-state index contributed by atoms with van der Waals surface area (Å²) in [5.74, 6) is 1.65. The van der Waals surface area contributed by atoms with E-state index >= 15 is 0 Å². The number of carbonyl (C=O) groups excluding carboxylic acids is 1. The molecule has 1 atom stereocenters. The minimum atomic E-state index is -0.409. The van der Waals surface area contributed by atoms with Gasteiger partial charge in [-0.1, -0.05) is 12.1 Å². The van der Waals surface area contributed by atoms with Crippen LogP contribution in [0.2, 0.25) is 0 Å². The van der Waals surface area contributed by atoms with Gasteiger partial charge in [0.2, 0.25) is 0 Å². The Labute approximate surface area is 150 Å². The molecular weight excluding hydrogens is 316 g/mol. The largest absolute Gasteiger partial charge is 0.491 e. The molecule has 136 valence electrons. The van der Waals surface area contributed by atoms with Crippen LogP contribution in [0.5, 0.6) is 11.5 Å². The molecule has 0 spiro atoms. The predicted molar refractivity (Wildman–Crippen MR) is 100 cm³/mol. The Morgan fingerprint density at radius 1 is 0.760 bits per heavy atom. The van der Waals surface area contributed by atoms with Crippen molar-refractivity contribution >= 4 is 6.29 Å². The van der Waals surface area contributed by atoms with Gasteiger partial charge in [0, 0.05) is 5.56 Å². The summed E-state index contributed by atoms with van der Waals surface area (Å²) in [6, 6.07) is 14.6. The summed E-state index contributed by atoms with van der Waals surface area (Å²) in [6.07, 6.45) is 0.775. The quantitative estimate of drug-likeness (QED) is 0.764. The number of ether oxygens (including phenoxy) is 2. The topological polar surface area (TPSA) is 55.8 Å². The molecule has 0 amide bonds. The van der Waals surface area contributed by atoms with Crippen LogP contribution in [0.1, 0.15) is 56.6 Å². The van der Waals surface area contributed by atoms with Crippen molar-refractivity contribution in [3.8, 4) is 11.5 Å². The van der Waals surface area contributed by atoms with Crippen LogP contribution in [0.3, 0.4) is 0 Å². The third kappa shape index (κ3) is 8.36. The van der Waals surface area contributed by atoms with Crippen molar-refractivity contribution in [1.29, 1.82) is 0 Å². The lowest BCUT2D eigenvalue weighted by Crippen LogP contribution is -2.05. The van der Waals surface area contributed by atoms with E-state index in [-0.39, 0.29) is 12.2 Å². The third-order valence-corrected chi connectivity index (χ3v) is 3.12. The molecular formula is C21H28O4. The number of hydrogen-bond donors (Lipinski definition) is 1. The number of aliphatic hydroxyl groups is 1. The zero-order valence-corrected chi connectivity index (χ0v) is 15.6. The summed E-state index contributed by atoms with van der Waals surface area (Å²) < 4.78 is 10.9. The molecule has 0 bridgehead atoms. The lowest BCUT2D eigenvalue weighted by molar-refractivity contribution is 0.112. The molecule has 4 nitrogen and oxygen atoms in total. The first-order valence-corrected chi connectivity index (χ1v) is 8.48. The zero-order valence-electron chi connectivity index (χ0n) is 15.6. The maximum absolute atomic E-state index is 10.3. The Morgan fingerprint density at radius 3 is 1.48 bits per heavy atom. The molecule has 0 fully saturated rings. The lowest BCUT2D eigenvalue weighted by Gasteiger charge is -2.10. The Kier molecular flexibility index (Phi) is 8.71. The van der Waals surface area contributed by atoms with Gasteiger partial charge in [0.15, 0.2) is 0 Å². The molecule has 4 heteroatoms. The fourth-order valence-electron chi connectivity index (χ4n) is 1.99. The van der Waals surface area contributed by atoms with E-state index in [1.54, 1.807) is 31.2 Å². The van der Waals surface area contributed by atoms with Crippen LogP contribution < -0.4 is 9.47 Å². The SMILES string of the molecule is CC(C)Oc1ccc(C(C)O)cc1.CC(C)Oc1ccc(C=O)cc1. The number of aliphatic hydroxyl groups excluding tert-OH is 1. The third-order valence-electron chi connectivity index (χ3n) is 3.12. The molecule has 0 radical (unpaired) electrons. The molecule has 0 saturated carbocycles. The molecule has 2 aromatic rings. The van der Waals surface area contributed by atoms with Crippen LogP contribution >= 0.6 is 0 Å². The Hall–Kier alpha value is -2.33. The second-order valence-corrected chi connectivity index (χ2v) is 6.27. The summed E-state index contributed by atoms with van der Waals surface area (Å²) in [5.41, 5.74) is 1.59. The van der Waals surface area contributed by atoms with E-state index in [9.17, 15) is 9.90 Å². The van der Waals surface area contributed by atoms with Crippen molar-refractivity contribution in [3.05, 3.63) is 59.7 Å². The highest BCUT2D eigenvalue weighted by Crippen LogP contribution is 2.18. The van der Waals surface area contributed by atoms with Crippen molar-refractivity contribution in [3.63, 3.8) is 0 Å². The van der Waals surface area contributed by atoms with E-state index in [1.807, 2.05) is 52.0 Å². The van der Waals surface area contributed by atoms with E-state index < -0.39 is 6.10 Å². The highest BCUT2D eigenvalue weighted by Gasteiger charge is 2.01. The second kappa shape index (κ2) is 10.5. The van der Waals surface area contributed by atoms with Gasteiger partial charge in [-0.3, -0.25) is 4.79 Å². The Morgan fingerprint density at radius 2 is 1.16 bits per heavy atom. The van der Waals surface area contributed by atoms with E-state index in [1.165, 1.54) is 0 Å². The molecule has 0 aliphatic heterocycles. The first-order valence-electron chi connectivity index (χ1n) is 8.48. The van der Waals surface area contributed by atoms with Gasteiger partial charge >= 0.3 is 0 Å². The normalized spacial score (nSPS) is 11.5. The molecule has 0 aliphatic rings. The van der Waals surface area contributed by atoms with Crippen LogP contribution in [0.15, 0.2) is 48.5 Å². The molecule has 1 N–H and O–H groups in total. The van der Waals surface area contributed by atoms with Gasteiger partial charge in [-0.15, -0.1) is 0 Å². The molecule has 2 aromatic carbocycles. The van der Waals surface area contributed by atoms with Crippen LogP contribution in [0, 0.1) is 0 Å². The van der Waals surface area contributed by atoms with E-state index in [4.69, 9.17) is 9.47 Å². The molecule has 25 heavy (non-hydrogen) atoms. The molecule has 2 rings (SSSR count). The highest BCUT2D eigenvalue weighted by molar-refractivity contribution is 5.74. The second-order valence-electron chi connectivity index (χ2n) is 6.27. The zero-order chi connectivity index (χ0) is 18.8. The number of aldehydes is 1. The van der Waals surface area contributed by atoms with Crippen molar-refractivity contribution in [1.82, 2.24) is 0 Å². The van der Waals surface area contributed by atoms with Crippen molar-refractivity contribution in [2.75, 3.05) is 0 Å². The lowest BCUT2D eigenvalue weighted by atomic mass is 10.1. The maximum atomic E-state index is 10.3. The van der Waals surface area contributed by atoms with Gasteiger partial charge in [-0.25, -0.2) is 0 Å². The molecule has 0 heterocycles. The van der Waals surface area contributed by atoms with Gasteiger partial charge in [-0.2, -0.15) is 0 Å². The molecule has 1 unspecified atom stereocenters. The minimum absolute atomic E-state index is 0.173. The monoisotopic (exact) mass is 344 g/mol. The Balaban J connectivity index is 0.000000251.